The zero-order chi connectivity index (χ0) is 10.0. The van der Waals surface area contributed by atoms with Gasteiger partial charge in [0.05, 0.1) is 0 Å². The molecule has 1 aliphatic rings. The van der Waals surface area contributed by atoms with Gasteiger partial charge in [-0.3, -0.25) is 0 Å². The highest BCUT2D eigenvalue weighted by atomic mass is 28.3. The highest BCUT2D eigenvalue weighted by Crippen LogP contribution is 2.22. The molecule has 0 nitrogen and oxygen atoms in total. The maximum absolute atomic E-state index is 2.43. The van der Waals surface area contributed by atoms with Gasteiger partial charge in [-0.2, -0.15) is 0 Å². The lowest BCUT2D eigenvalue weighted by Gasteiger charge is -2.24. The Morgan fingerprint density at radius 3 is 2.36 bits per heavy atom. The Labute approximate surface area is 87.0 Å². The van der Waals surface area contributed by atoms with Gasteiger partial charge in [-0.25, -0.2) is 0 Å². The third-order valence-electron chi connectivity index (χ3n) is 3.07. The normalized spacial score (nSPS) is 15.7. The largest absolute Gasteiger partial charge is 0.107 e. The Hall–Kier alpha value is -1.08. The standard InChI is InChI=1S/C13H16Si/c1-14(2,13-10-6-7-11-13)12-8-4-3-5-9-12/h3-10H,11H2,1-2H3. The van der Waals surface area contributed by atoms with E-state index in [1.165, 1.54) is 5.19 Å². The van der Waals surface area contributed by atoms with Gasteiger partial charge in [0.2, 0.25) is 0 Å². The smallest absolute Gasteiger partial charge is 0.0809 e. The van der Waals surface area contributed by atoms with Crippen molar-refractivity contribution < 1.29 is 0 Å². The third kappa shape index (κ3) is 1.60. The first-order valence-electron chi connectivity index (χ1n) is 5.13. The molecule has 1 heteroatoms. The van der Waals surface area contributed by atoms with Crippen molar-refractivity contribution in [1.29, 1.82) is 0 Å². The first kappa shape index (κ1) is 9.47. The third-order valence-corrected chi connectivity index (χ3v) is 6.82. The molecule has 72 valence electrons. The summed E-state index contributed by atoms with van der Waals surface area (Å²) in [6, 6.07) is 10.9. The molecule has 0 aliphatic heterocycles. The average Bonchev–Trinajstić information content (AvgIpc) is 2.72. The molecule has 14 heavy (non-hydrogen) atoms. The minimum absolute atomic E-state index is 1.16. The van der Waals surface area contributed by atoms with Crippen LogP contribution in [0, 0.1) is 0 Å². The summed E-state index contributed by atoms with van der Waals surface area (Å²) in [6.45, 7) is 4.86. The van der Waals surface area contributed by atoms with Crippen molar-refractivity contribution in [2.75, 3.05) is 0 Å². The maximum Gasteiger partial charge on any atom is 0.107 e. The molecular formula is C13H16Si. The number of allylic oxidation sites excluding steroid dienone is 4. The predicted molar refractivity (Wildman–Crippen MR) is 65.4 cm³/mol. The second-order valence-electron chi connectivity index (χ2n) is 4.32. The summed E-state index contributed by atoms with van der Waals surface area (Å²) in [5.74, 6) is 0. The number of benzene rings is 1. The number of hydrogen-bond acceptors (Lipinski definition) is 0. The molecule has 1 aromatic rings. The van der Waals surface area contributed by atoms with E-state index in [4.69, 9.17) is 0 Å². The summed E-state index contributed by atoms with van der Waals surface area (Å²) < 4.78 is 0. The van der Waals surface area contributed by atoms with Crippen LogP contribution in [0.5, 0.6) is 0 Å². The predicted octanol–water partition coefficient (Wildman–Crippen LogP) is 3.03. The van der Waals surface area contributed by atoms with E-state index < -0.39 is 8.07 Å². The summed E-state index contributed by atoms with van der Waals surface area (Å²) in [4.78, 5) is 0. The first-order chi connectivity index (χ1) is 6.71. The Bertz CT molecular complexity index is 371. The Morgan fingerprint density at radius 2 is 1.79 bits per heavy atom. The molecular weight excluding hydrogens is 184 g/mol. The zero-order valence-corrected chi connectivity index (χ0v) is 9.83. The van der Waals surface area contributed by atoms with Crippen LogP contribution >= 0.6 is 0 Å². The van der Waals surface area contributed by atoms with Gasteiger partial charge in [-0.15, -0.1) is 0 Å². The van der Waals surface area contributed by atoms with E-state index in [0.717, 1.165) is 6.42 Å². The van der Waals surface area contributed by atoms with Crippen LogP contribution in [0.15, 0.2) is 53.8 Å². The van der Waals surface area contributed by atoms with Crippen molar-refractivity contribution in [2.45, 2.75) is 19.5 Å². The molecule has 0 fully saturated rings. The molecule has 0 aromatic heterocycles. The summed E-state index contributed by atoms with van der Waals surface area (Å²) in [5, 5.41) is 3.18. The van der Waals surface area contributed by atoms with Crippen molar-refractivity contribution >= 4 is 13.3 Å². The van der Waals surface area contributed by atoms with E-state index in [-0.39, 0.29) is 0 Å². The molecule has 0 bridgehead atoms. The van der Waals surface area contributed by atoms with E-state index in [1.807, 2.05) is 0 Å². The molecule has 0 spiro atoms. The van der Waals surface area contributed by atoms with E-state index in [1.54, 1.807) is 5.20 Å². The van der Waals surface area contributed by atoms with Gasteiger partial charge in [-0.05, 0) is 6.42 Å². The fourth-order valence-corrected chi connectivity index (χ4v) is 4.49. The highest BCUT2D eigenvalue weighted by molar-refractivity contribution is 6.95. The molecule has 0 saturated heterocycles. The van der Waals surface area contributed by atoms with Gasteiger partial charge in [0, 0.05) is 0 Å². The Balaban J connectivity index is 2.33. The van der Waals surface area contributed by atoms with Crippen LogP contribution in [-0.2, 0) is 0 Å². The van der Waals surface area contributed by atoms with Gasteiger partial charge in [-0.1, -0.05) is 72.0 Å². The topological polar surface area (TPSA) is 0 Å². The molecule has 1 aliphatic carbocycles. The van der Waals surface area contributed by atoms with Crippen molar-refractivity contribution in [2.24, 2.45) is 0 Å². The minimum atomic E-state index is -1.35. The monoisotopic (exact) mass is 200 g/mol. The van der Waals surface area contributed by atoms with Crippen molar-refractivity contribution in [3.8, 4) is 0 Å². The van der Waals surface area contributed by atoms with Gasteiger partial charge in [0.1, 0.15) is 8.07 Å². The molecule has 0 heterocycles. The maximum atomic E-state index is 2.43. The van der Waals surface area contributed by atoms with Crippen LogP contribution < -0.4 is 5.19 Å². The number of rotatable bonds is 2. The molecule has 0 saturated carbocycles. The van der Waals surface area contributed by atoms with Crippen LogP contribution in [0.2, 0.25) is 13.1 Å². The van der Waals surface area contributed by atoms with E-state index in [2.05, 4.69) is 61.7 Å². The summed E-state index contributed by atoms with van der Waals surface area (Å²) in [6.07, 6.45) is 7.91. The summed E-state index contributed by atoms with van der Waals surface area (Å²) in [7, 11) is -1.35. The summed E-state index contributed by atoms with van der Waals surface area (Å²) in [5.41, 5.74) is 0. The lowest BCUT2D eigenvalue weighted by atomic mass is 10.4. The molecule has 0 N–H and O–H groups in total. The molecule has 0 unspecified atom stereocenters. The SMILES string of the molecule is C[Si](C)(C1=CC=CC1)c1ccccc1. The van der Waals surface area contributed by atoms with Crippen molar-refractivity contribution in [3.63, 3.8) is 0 Å². The van der Waals surface area contributed by atoms with Gasteiger partial charge < -0.3 is 0 Å². The molecule has 0 amide bonds. The van der Waals surface area contributed by atoms with Crippen LogP contribution in [0.1, 0.15) is 6.42 Å². The van der Waals surface area contributed by atoms with Gasteiger partial charge in [0.15, 0.2) is 0 Å². The molecule has 0 atom stereocenters. The van der Waals surface area contributed by atoms with Crippen LogP contribution in [-0.4, -0.2) is 8.07 Å². The molecule has 0 radical (unpaired) electrons. The fourth-order valence-electron chi connectivity index (χ4n) is 1.95. The minimum Gasteiger partial charge on any atom is -0.0809 e. The van der Waals surface area contributed by atoms with E-state index >= 15 is 0 Å². The average molecular weight is 200 g/mol. The van der Waals surface area contributed by atoms with Crippen molar-refractivity contribution in [1.82, 2.24) is 0 Å². The Morgan fingerprint density at radius 1 is 1.07 bits per heavy atom. The van der Waals surface area contributed by atoms with Gasteiger partial charge in [0.25, 0.3) is 0 Å². The quantitative estimate of drug-likeness (QED) is 0.644. The second kappa shape index (κ2) is 3.58. The first-order valence-corrected chi connectivity index (χ1v) is 8.13. The number of hydrogen-bond donors (Lipinski definition) is 0. The summed E-state index contributed by atoms with van der Waals surface area (Å²) >= 11 is 0. The van der Waals surface area contributed by atoms with Crippen molar-refractivity contribution in [3.05, 3.63) is 53.8 Å². The molecule has 1 aromatic carbocycles. The fraction of sp³-hybridized carbons (Fsp3) is 0.231. The highest BCUT2D eigenvalue weighted by Gasteiger charge is 2.27. The van der Waals surface area contributed by atoms with Crippen LogP contribution in [0.25, 0.3) is 0 Å². The van der Waals surface area contributed by atoms with Crippen LogP contribution in [0.3, 0.4) is 0 Å². The Kier molecular flexibility index (Phi) is 2.42. The second-order valence-corrected chi connectivity index (χ2v) is 8.78. The van der Waals surface area contributed by atoms with Gasteiger partial charge >= 0.3 is 0 Å². The van der Waals surface area contributed by atoms with E-state index in [0.29, 0.717) is 0 Å². The zero-order valence-electron chi connectivity index (χ0n) is 8.83. The molecule has 2 rings (SSSR count). The van der Waals surface area contributed by atoms with Crippen LogP contribution in [0.4, 0.5) is 0 Å². The lowest BCUT2D eigenvalue weighted by Crippen LogP contribution is -2.43. The van der Waals surface area contributed by atoms with E-state index in [9.17, 15) is 0 Å². The lowest BCUT2D eigenvalue weighted by molar-refractivity contribution is 1.36.